The minimum absolute atomic E-state index is 0. The number of hydrogen-bond donors (Lipinski definition) is 1. The number of Topliss-reactive ketones (excluding diaryl/α,β-unsaturated/α-hetero) is 1. The number of ketones is 1. The molecule has 0 spiro atoms. The van der Waals surface area contributed by atoms with Gasteiger partial charge >= 0.3 is 0 Å². The molecular formula is C28H33ClN4O4. The quantitative estimate of drug-likeness (QED) is 0.436. The highest BCUT2D eigenvalue weighted by Crippen LogP contribution is 2.29. The molecule has 9 heteroatoms. The Kier molecular flexibility index (Phi) is 9.81. The Bertz CT molecular complexity index is 1270. The molecule has 0 aliphatic carbocycles. The summed E-state index contributed by atoms with van der Waals surface area (Å²) in [6.07, 6.45) is 2.08. The van der Waals surface area contributed by atoms with Gasteiger partial charge in [-0.1, -0.05) is 24.2 Å². The van der Waals surface area contributed by atoms with Gasteiger partial charge in [0, 0.05) is 37.2 Å². The maximum Gasteiger partial charge on any atom is 0.258 e. The van der Waals surface area contributed by atoms with Gasteiger partial charge in [0.2, 0.25) is 5.82 Å². The molecule has 1 aliphatic rings. The number of halogens is 1. The first-order chi connectivity index (χ1) is 17.4. The van der Waals surface area contributed by atoms with Crippen LogP contribution in [0.3, 0.4) is 0 Å². The molecule has 1 aromatic heterocycles. The number of rotatable bonds is 9. The van der Waals surface area contributed by atoms with E-state index >= 15 is 0 Å². The van der Waals surface area contributed by atoms with Gasteiger partial charge < -0.3 is 14.4 Å². The first kappa shape index (κ1) is 28.3. The summed E-state index contributed by atoms with van der Waals surface area (Å²) in [5, 5.41) is 22.9. The molecule has 196 valence electrons. The molecule has 8 nitrogen and oxygen atoms in total. The molecule has 0 bridgehead atoms. The number of fused-ring (bicyclic) bond motifs is 1. The van der Waals surface area contributed by atoms with Crippen molar-refractivity contribution in [3.05, 3.63) is 53.1 Å². The molecule has 0 unspecified atom stereocenters. The van der Waals surface area contributed by atoms with E-state index in [1.807, 2.05) is 32.9 Å². The van der Waals surface area contributed by atoms with E-state index in [-0.39, 0.29) is 36.8 Å². The number of aliphatic hydroxyl groups excluding tert-OH is 1. The maximum atomic E-state index is 12.3. The number of hydrogen-bond acceptors (Lipinski definition) is 8. The van der Waals surface area contributed by atoms with E-state index in [1.54, 1.807) is 12.1 Å². The molecule has 2 aromatic carbocycles. The number of benzene rings is 2. The summed E-state index contributed by atoms with van der Waals surface area (Å²) in [4.78, 5) is 19.1. The number of nitriles is 1. The summed E-state index contributed by atoms with van der Waals surface area (Å²) in [5.41, 5.74) is 4.43. The third kappa shape index (κ3) is 7.16. The topological polar surface area (TPSA) is 112 Å². The number of carbonyl (C=O) groups is 1. The molecule has 0 saturated carbocycles. The first-order valence-corrected chi connectivity index (χ1v) is 12.4. The van der Waals surface area contributed by atoms with Crippen LogP contribution in [-0.4, -0.2) is 58.3 Å². The Morgan fingerprint density at radius 1 is 1.14 bits per heavy atom. The van der Waals surface area contributed by atoms with Crippen LogP contribution < -0.4 is 4.74 Å². The Morgan fingerprint density at radius 3 is 2.57 bits per heavy atom. The van der Waals surface area contributed by atoms with Crippen molar-refractivity contribution in [2.24, 2.45) is 5.92 Å². The molecule has 0 saturated heterocycles. The summed E-state index contributed by atoms with van der Waals surface area (Å²) < 4.78 is 11.2. The van der Waals surface area contributed by atoms with Crippen molar-refractivity contribution < 1.29 is 19.2 Å². The number of nitrogens with zero attached hydrogens (tertiary/aromatic N) is 4. The molecule has 1 aliphatic heterocycles. The molecule has 4 rings (SSSR count). The molecule has 37 heavy (non-hydrogen) atoms. The van der Waals surface area contributed by atoms with E-state index in [0.29, 0.717) is 41.6 Å². The van der Waals surface area contributed by atoms with Crippen LogP contribution in [0.2, 0.25) is 0 Å². The Morgan fingerprint density at radius 2 is 1.86 bits per heavy atom. The second-order valence-corrected chi connectivity index (χ2v) is 9.70. The second kappa shape index (κ2) is 12.8. The van der Waals surface area contributed by atoms with Gasteiger partial charge in [0.05, 0.1) is 18.2 Å². The van der Waals surface area contributed by atoms with Crippen LogP contribution in [0, 0.1) is 17.2 Å². The lowest BCUT2D eigenvalue weighted by molar-refractivity contribution is -0.121. The summed E-state index contributed by atoms with van der Waals surface area (Å²) in [5.74, 6) is 1.53. The van der Waals surface area contributed by atoms with Crippen LogP contribution in [0.5, 0.6) is 5.75 Å². The Hall–Kier alpha value is -3.25. The molecular weight excluding hydrogens is 492 g/mol. The average molecular weight is 525 g/mol. The normalized spacial score (nSPS) is 14.3. The lowest BCUT2D eigenvalue weighted by atomic mass is 10.00. The third-order valence-electron chi connectivity index (χ3n) is 6.28. The summed E-state index contributed by atoms with van der Waals surface area (Å²) in [6, 6.07) is 13.6. The standard InChI is InChI=1S/C28H32N4O4.ClH/c1-18(2)35-26-7-6-23(14-24(26)15-29)28-30-27(31-36-28)22-5-4-20-8-10-32(11-9-21(20)13-22)16-25(34)12-19(3)17-33;/h4-7,13-14,18-19,33H,8-12,16-17H2,1-3H3;1H/t19-;/m1./s1. The van der Waals surface area contributed by atoms with Crippen molar-refractivity contribution >= 4 is 18.2 Å². The monoisotopic (exact) mass is 524 g/mol. The van der Waals surface area contributed by atoms with Gasteiger partial charge in [-0.3, -0.25) is 9.69 Å². The van der Waals surface area contributed by atoms with E-state index in [2.05, 4.69) is 33.2 Å². The van der Waals surface area contributed by atoms with Crippen molar-refractivity contribution in [3.8, 4) is 34.7 Å². The van der Waals surface area contributed by atoms with Crippen molar-refractivity contribution in [2.45, 2.75) is 46.1 Å². The maximum absolute atomic E-state index is 12.3. The van der Waals surface area contributed by atoms with Gasteiger partial charge in [0.15, 0.2) is 0 Å². The summed E-state index contributed by atoms with van der Waals surface area (Å²) in [7, 11) is 0. The zero-order valence-electron chi connectivity index (χ0n) is 21.4. The van der Waals surface area contributed by atoms with Crippen molar-refractivity contribution in [1.82, 2.24) is 15.0 Å². The Labute approximate surface area is 223 Å². The van der Waals surface area contributed by atoms with E-state index in [9.17, 15) is 15.2 Å². The molecule has 1 N–H and O–H groups in total. The van der Waals surface area contributed by atoms with Gasteiger partial charge in [0.1, 0.15) is 17.6 Å². The number of aromatic nitrogens is 2. The van der Waals surface area contributed by atoms with E-state index in [4.69, 9.17) is 9.26 Å². The van der Waals surface area contributed by atoms with Crippen LogP contribution in [0.15, 0.2) is 40.9 Å². The van der Waals surface area contributed by atoms with Crippen molar-refractivity contribution in [3.63, 3.8) is 0 Å². The summed E-state index contributed by atoms with van der Waals surface area (Å²) >= 11 is 0. The zero-order chi connectivity index (χ0) is 25.7. The fourth-order valence-electron chi connectivity index (χ4n) is 4.40. The van der Waals surface area contributed by atoms with Crippen LogP contribution >= 0.6 is 12.4 Å². The van der Waals surface area contributed by atoms with Gasteiger partial charge in [-0.15, -0.1) is 12.4 Å². The highest BCUT2D eigenvalue weighted by atomic mass is 35.5. The van der Waals surface area contributed by atoms with E-state index < -0.39 is 0 Å². The van der Waals surface area contributed by atoms with Crippen molar-refractivity contribution in [2.75, 3.05) is 26.2 Å². The van der Waals surface area contributed by atoms with Gasteiger partial charge in [0.25, 0.3) is 5.89 Å². The molecule has 0 fully saturated rings. The average Bonchev–Trinajstić information content (AvgIpc) is 3.27. The number of carbonyl (C=O) groups excluding carboxylic acids is 1. The van der Waals surface area contributed by atoms with Gasteiger partial charge in [-0.25, -0.2) is 0 Å². The minimum Gasteiger partial charge on any atom is -0.490 e. The lowest BCUT2D eigenvalue weighted by Gasteiger charge is -2.19. The first-order valence-electron chi connectivity index (χ1n) is 12.4. The third-order valence-corrected chi connectivity index (χ3v) is 6.28. The van der Waals surface area contributed by atoms with Crippen molar-refractivity contribution in [1.29, 1.82) is 5.26 Å². The molecule has 1 atom stereocenters. The smallest absolute Gasteiger partial charge is 0.258 e. The van der Waals surface area contributed by atoms with Crippen LogP contribution in [0.25, 0.3) is 22.8 Å². The molecule has 0 amide bonds. The lowest BCUT2D eigenvalue weighted by Crippen LogP contribution is -2.32. The second-order valence-electron chi connectivity index (χ2n) is 9.70. The van der Waals surface area contributed by atoms with E-state index in [1.165, 1.54) is 11.1 Å². The van der Waals surface area contributed by atoms with Gasteiger partial charge in [-0.05, 0) is 68.0 Å². The zero-order valence-corrected chi connectivity index (χ0v) is 22.3. The fourth-order valence-corrected chi connectivity index (χ4v) is 4.40. The van der Waals surface area contributed by atoms with Gasteiger partial charge in [-0.2, -0.15) is 10.2 Å². The largest absolute Gasteiger partial charge is 0.490 e. The highest BCUT2D eigenvalue weighted by Gasteiger charge is 2.19. The molecule has 2 heterocycles. The molecule has 0 radical (unpaired) electrons. The number of aliphatic hydroxyl groups is 1. The number of ether oxygens (including phenoxy) is 1. The molecule has 3 aromatic rings. The summed E-state index contributed by atoms with van der Waals surface area (Å²) in [6.45, 7) is 7.80. The predicted molar refractivity (Wildman–Crippen MR) is 143 cm³/mol. The fraction of sp³-hybridized carbons (Fsp3) is 0.429. The van der Waals surface area contributed by atoms with Crippen LogP contribution in [0.4, 0.5) is 0 Å². The highest BCUT2D eigenvalue weighted by molar-refractivity contribution is 5.85. The SMILES string of the molecule is CC(C)Oc1ccc(-c2nc(-c3ccc4c(c3)CCN(CC(=O)C[C@@H](C)CO)CC4)no2)cc1C#N.Cl. The van der Waals surface area contributed by atoms with E-state index in [0.717, 1.165) is 31.5 Å². The Balaban J connectivity index is 0.00000380. The van der Waals surface area contributed by atoms with Crippen LogP contribution in [-0.2, 0) is 17.6 Å². The minimum atomic E-state index is -0.0336. The predicted octanol–water partition coefficient (Wildman–Crippen LogP) is 4.47. The van der Waals surface area contributed by atoms with Crippen LogP contribution in [0.1, 0.15) is 43.9 Å².